The fraction of sp³-hybridized carbons (Fsp3) is 0.214. The highest BCUT2D eigenvalue weighted by molar-refractivity contribution is 5.51. The molecule has 1 aromatic heterocycles. The molecule has 3 nitrogen and oxygen atoms in total. The summed E-state index contributed by atoms with van der Waals surface area (Å²) in [5, 5.41) is 0. The Hall–Kier alpha value is -3.46. The molecule has 0 saturated heterocycles. The molecule has 0 amide bonds. The van der Waals surface area contributed by atoms with Gasteiger partial charge in [0.05, 0.1) is 12.0 Å². The molecule has 154 valence electrons. The Morgan fingerprint density at radius 2 is 1.35 bits per heavy atom. The zero-order valence-electron chi connectivity index (χ0n) is 17.5. The Labute approximate surface area is 183 Å². The van der Waals surface area contributed by atoms with Gasteiger partial charge < -0.3 is 9.36 Å². The highest BCUT2D eigenvalue weighted by atomic mass is 16.1. The van der Waals surface area contributed by atoms with Crippen LogP contribution in [0.3, 0.4) is 0 Å². The van der Waals surface area contributed by atoms with Gasteiger partial charge in [-0.15, -0.1) is 0 Å². The molecule has 0 bridgehead atoms. The number of nitrogens with zero attached hydrogens (tertiary/aromatic N) is 2. The molecular formula is C28H26N2O. The van der Waals surface area contributed by atoms with Crippen LogP contribution in [0.1, 0.15) is 47.6 Å². The molecule has 1 aliphatic carbocycles. The molecule has 3 aromatic carbocycles. The maximum atomic E-state index is 10.8. The van der Waals surface area contributed by atoms with E-state index in [0.717, 1.165) is 24.8 Å². The summed E-state index contributed by atoms with van der Waals surface area (Å²) in [6.45, 7) is 0. The Balaban J connectivity index is 1.68. The standard InChI is InChI=1S/C28H26N2O/c31-18-10-11-22-19-26(22)27-20-30(21-29-27)28(23-12-4-1-5-13-23,24-14-6-2-7-15-24)25-16-8-3-9-17-25/h1-9,12-18,20-22,26H,10-11,19H2. The molecule has 0 radical (unpaired) electrons. The van der Waals surface area contributed by atoms with Crippen molar-refractivity contribution in [3.63, 3.8) is 0 Å². The van der Waals surface area contributed by atoms with Crippen LogP contribution < -0.4 is 0 Å². The van der Waals surface area contributed by atoms with Crippen molar-refractivity contribution >= 4 is 6.29 Å². The summed E-state index contributed by atoms with van der Waals surface area (Å²) in [7, 11) is 0. The molecule has 2 unspecified atom stereocenters. The molecule has 3 heteroatoms. The summed E-state index contributed by atoms with van der Waals surface area (Å²) in [6, 6.07) is 32.0. The van der Waals surface area contributed by atoms with Gasteiger partial charge in [0.2, 0.25) is 0 Å². The largest absolute Gasteiger partial charge is 0.319 e. The fourth-order valence-electron chi connectivity index (χ4n) is 4.91. The van der Waals surface area contributed by atoms with Crippen LogP contribution in [0.5, 0.6) is 0 Å². The van der Waals surface area contributed by atoms with Gasteiger partial charge in [-0.2, -0.15) is 0 Å². The Morgan fingerprint density at radius 3 is 1.84 bits per heavy atom. The van der Waals surface area contributed by atoms with Crippen molar-refractivity contribution in [1.29, 1.82) is 0 Å². The number of hydrogen-bond acceptors (Lipinski definition) is 2. The van der Waals surface area contributed by atoms with Gasteiger partial charge in [0, 0.05) is 18.5 Å². The van der Waals surface area contributed by atoms with Crippen LogP contribution in [0.25, 0.3) is 0 Å². The van der Waals surface area contributed by atoms with Crippen LogP contribution in [0.2, 0.25) is 0 Å². The first-order valence-corrected chi connectivity index (χ1v) is 11.0. The molecule has 1 aliphatic rings. The highest BCUT2D eigenvalue weighted by Crippen LogP contribution is 2.50. The van der Waals surface area contributed by atoms with Crippen LogP contribution >= 0.6 is 0 Å². The second-order valence-corrected chi connectivity index (χ2v) is 8.36. The maximum absolute atomic E-state index is 10.8. The average Bonchev–Trinajstić information content (AvgIpc) is 3.46. The van der Waals surface area contributed by atoms with Crippen molar-refractivity contribution in [3.05, 3.63) is 126 Å². The SMILES string of the molecule is O=CCCC1CC1c1cn(C(c2ccccc2)(c2ccccc2)c2ccccc2)cn1. The third-order valence-electron chi connectivity index (χ3n) is 6.52. The number of aldehydes is 1. The third kappa shape index (κ3) is 3.50. The normalized spacial score (nSPS) is 17.9. The van der Waals surface area contributed by atoms with Gasteiger partial charge in [0.15, 0.2) is 0 Å². The van der Waals surface area contributed by atoms with Gasteiger partial charge in [0.25, 0.3) is 0 Å². The molecule has 1 fully saturated rings. The summed E-state index contributed by atoms with van der Waals surface area (Å²) in [5.74, 6) is 1.04. The van der Waals surface area contributed by atoms with Crippen LogP contribution in [-0.4, -0.2) is 15.8 Å². The van der Waals surface area contributed by atoms with E-state index in [0.29, 0.717) is 18.3 Å². The van der Waals surface area contributed by atoms with Gasteiger partial charge >= 0.3 is 0 Å². The van der Waals surface area contributed by atoms with Crippen molar-refractivity contribution in [2.75, 3.05) is 0 Å². The van der Waals surface area contributed by atoms with Crippen molar-refractivity contribution in [3.8, 4) is 0 Å². The Kier molecular flexibility index (Phi) is 5.25. The molecule has 1 saturated carbocycles. The monoisotopic (exact) mass is 406 g/mol. The lowest BCUT2D eigenvalue weighted by atomic mass is 9.77. The fourth-order valence-corrected chi connectivity index (χ4v) is 4.91. The molecule has 31 heavy (non-hydrogen) atoms. The zero-order valence-corrected chi connectivity index (χ0v) is 17.5. The van der Waals surface area contributed by atoms with Gasteiger partial charge in [-0.05, 0) is 35.4 Å². The van der Waals surface area contributed by atoms with E-state index in [1.165, 1.54) is 16.7 Å². The summed E-state index contributed by atoms with van der Waals surface area (Å²) in [5.41, 5.74) is 4.21. The second-order valence-electron chi connectivity index (χ2n) is 8.36. The minimum Gasteiger partial charge on any atom is -0.319 e. The minimum atomic E-state index is -0.512. The molecular weight excluding hydrogens is 380 g/mol. The lowest BCUT2D eigenvalue weighted by Gasteiger charge is -2.37. The van der Waals surface area contributed by atoms with Gasteiger partial charge in [0.1, 0.15) is 11.8 Å². The number of benzene rings is 3. The molecule has 1 heterocycles. The Bertz CT molecular complexity index is 1040. The molecule has 0 aliphatic heterocycles. The number of carbonyl (C=O) groups excluding carboxylic acids is 1. The summed E-state index contributed by atoms with van der Waals surface area (Å²) in [4.78, 5) is 15.6. The number of carbonyl (C=O) groups is 1. The number of imidazole rings is 1. The van der Waals surface area contributed by atoms with Gasteiger partial charge in [-0.25, -0.2) is 4.98 Å². The first-order chi connectivity index (χ1) is 15.3. The molecule has 2 atom stereocenters. The molecule has 4 aromatic rings. The topological polar surface area (TPSA) is 34.9 Å². The molecule has 0 spiro atoms. The first kappa shape index (κ1) is 19.5. The first-order valence-electron chi connectivity index (χ1n) is 11.0. The quantitative estimate of drug-likeness (QED) is 0.274. The van der Waals surface area contributed by atoms with E-state index in [1.807, 2.05) is 6.33 Å². The van der Waals surface area contributed by atoms with Crippen molar-refractivity contribution < 1.29 is 4.79 Å². The van der Waals surface area contributed by atoms with Crippen LogP contribution in [0, 0.1) is 5.92 Å². The maximum Gasteiger partial charge on any atom is 0.121 e. The summed E-state index contributed by atoms with van der Waals surface area (Å²) < 4.78 is 2.28. The number of hydrogen-bond donors (Lipinski definition) is 0. The molecule has 5 rings (SSSR count). The third-order valence-corrected chi connectivity index (χ3v) is 6.52. The average molecular weight is 407 g/mol. The lowest BCUT2D eigenvalue weighted by molar-refractivity contribution is -0.108. The van der Waals surface area contributed by atoms with Crippen LogP contribution in [0.15, 0.2) is 104 Å². The number of aromatic nitrogens is 2. The summed E-state index contributed by atoms with van der Waals surface area (Å²) in [6.07, 6.45) is 7.96. The van der Waals surface area contributed by atoms with E-state index in [4.69, 9.17) is 4.98 Å². The van der Waals surface area contributed by atoms with Crippen molar-refractivity contribution in [2.45, 2.75) is 30.7 Å². The minimum absolute atomic E-state index is 0.459. The van der Waals surface area contributed by atoms with E-state index >= 15 is 0 Å². The lowest BCUT2D eigenvalue weighted by Crippen LogP contribution is -2.36. The number of rotatable bonds is 8. The van der Waals surface area contributed by atoms with Crippen molar-refractivity contribution in [2.24, 2.45) is 5.92 Å². The van der Waals surface area contributed by atoms with E-state index < -0.39 is 5.54 Å². The van der Waals surface area contributed by atoms with E-state index in [2.05, 4.69) is 102 Å². The molecule has 0 N–H and O–H groups in total. The van der Waals surface area contributed by atoms with Crippen molar-refractivity contribution in [1.82, 2.24) is 9.55 Å². The van der Waals surface area contributed by atoms with Gasteiger partial charge in [-0.3, -0.25) is 0 Å². The second kappa shape index (κ2) is 8.35. The zero-order chi connectivity index (χ0) is 21.1. The van der Waals surface area contributed by atoms with Crippen LogP contribution in [0.4, 0.5) is 0 Å². The van der Waals surface area contributed by atoms with E-state index in [-0.39, 0.29) is 0 Å². The van der Waals surface area contributed by atoms with E-state index in [9.17, 15) is 4.79 Å². The van der Waals surface area contributed by atoms with E-state index in [1.54, 1.807) is 0 Å². The summed E-state index contributed by atoms with van der Waals surface area (Å²) >= 11 is 0. The van der Waals surface area contributed by atoms with Crippen LogP contribution in [-0.2, 0) is 10.3 Å². The Morgan fingerprint density at radius 1 is 0.839 bits per heavy atom. The predicted octanol–water partition coefficient (Wildman–Crippen LogP) is 5.81. The highest BCUT2D eigenvalue weighted by Gasteiger charge is 2.42. The predicted molar refractivity (Wildman–Crippen MR) is 123 cm³/mol. The van der Waals surface area contributed by atoms with Gasteiger partial charge in [-0.1, -0.05) is 91.0 Å². The smallest absolute Gasteiger partial charge is 0.121 e.